The van der Waals surface area contributed by atoms with Crippen molar-refractivity contribution in [2.75, 3.05) is 6.54 Å². The van der Waals surface area contributed by atoms with Crippen molar-refractivity contribution in [2.45, 2.75) is 13.5 Å². The topological polar surface area (TPSA) is 68.0 Å². The molecule has 4 nitrogen and oxygen atoms in total. The molecule has 0 fully saturated rings. The Morgan fingerprint density at radius 2 is 2.33 bits per heavy atom. The number of thiazole rings is 1. The Kier molecular flexibility index (Phi) is 5.04. The summed E-state index contributed by atoms with van der Waals surface area (Å²) >= 11 is 1.46. The van der Waals surface area contributed by atoms with E-state index in [1.54, 1.807) is 5.51 Å². The highest BCUT2D eigenvalue weighted by Crippen LogP contribution is 2.13. The lowest BCUT2D eigenvalue weighted by Gasteiger charge is -2.06. The maximum absolute atomic E-state index is 13.3. The summed E-state index contributed by atoms with van der Waals surface area (Å²) in [5, 5.41) is 2.75. The SMILES string of the molecule is Cc1ncsc1CNC(=O)c1cc(F)ccc1C#CCN. The number of rotatable bonds is 3. The predicted molar refractivity (Wildman–Crippen MR) is 80.4 cm³/mol. The van der Waals surface area contributed by atoms with Crippen LogP contribution in [0.5, 0.6) is 0 Å². The molecule has 0 aliphatic rings. The molecule has 6 heteroatoms. The fourth-order valence-corrected chi connectivity index (χ4v) is 2.43. The number of aryl methyl sites for hydroxylation is 1. The standard InChI is InChI=1S/C15H14FN3OS/c1-10-14(21-9-19-10)8-18-15(20)13-7-12(16)5-4-11(13)3-2-6-17/h4-5,7,9H,6,8,17H2,1H3,(H,18,20). The Morgan fingerprint density at radius 3 is 3.00 bits per heavy atom. The first kappa shape index (κ1) is 15.2. The first-order valence-corrected chi connectivity index (χ1v) is 7.15. The number of nitrogens with zero attached hydrogens (tertiary/aromatic N) is 1. The monoisotopic (exact) mass is 303 g/mol. The molecule has 1 aromatic heterocycles. The lowest BCUT2D eigenvalue weighted by atomic mass is 10.1. The van der Waals surface area contributed by atoms with E-state index in [1.165, 1.54) is 29.5 Å². The van der Waals surface area contributed by atoms with E-state index >= 15 is 0 Å². The largest absolute Gasteiger partial charge is 0.347 e. The Balaban J connectivity index is 2.18. The molecule has 0 saturated heterocycles. The number of amides is 1. The zero-order chi connectivity index (χ0) is 15.2. The molecule has 2 rings (SSSR count). The number of aromatic nitrogens is 1. The smallest absolute Gasteiger partial charge is 0.252 e. The van der Waals surface area contributed by atoms with Crippen LogP contribution in [0.2, 0.25) is 0 Å². The van der Waals surface area contributed by atoms with Gasteiger partial charge in [0.15, 0.2) is 0 Å². The number of hydrogen-bond donors (Lipinski definition) is 2. The van der Waals surface area contributed by atoms with Gasteiger partial charge < -0.3 is 11.1 Å². The van der Waals surface area contributed by atoms with Gasteiger partial charge in [-0.1, -0.05) is 11.8 Å². The Bertz CT molecular complexity index is 715. The minimum Gasteiger partial charge on any atom is -0.347 e. The zero-order valence-corrected chi connectivity index (χ0v) is 12.3. The molecular weight excluding hydrogens is 289 g/mol. The van der Waals surface area contributed by atoms with Crippen LogP contribution < -0.4 is 11.1 Å². The molecule has 0 spiro atoms. The van der Waals surface area contributed by atoms with Crippen LogP contribution in [0.15, 0.2) is 23.7 Å². The number of hydrogen-bond acceptors (Lipinski definition) is 4. The third-order valence-corrected chi connectivity index (χ3v) is 3.74. The van der Waals surface area contributed by atoms with Crippen molar-refractivity contribution in [3.63, 3.8) is 0 Å². The Hall–Kier alpha value is -2.23. The molecule has 0 saturated carbocycles. The third-order valence-electron chi connectivity index (χ3n) is 2.81. The van der Waals surface area contributed by atoms with Crippen LogP contribution in [0.4, 0.5) is 4.39 Å². The highest BCUT2D eigenvalue weighted by atomic mass is 32.1. The molecular formula is C15H14FN3OS. The highest BCUT2D eigenvalue weighted by molar-refractivity contribution is 7.09. The van der Waals surface area contributed by atoms with Gasteiger partial charge in [-0.15, -0.1) is 11.3 Å². The van der Waals surface area contributed by atoms with Crippen molar-refractivity contribution in [1.82, 2.24) is 10.3 Å². The van der Waals surface area contributed by atoms with E-state index in [4.69, 9.17) is 5.73 Å². The number of carbonyl (C=O) groups excluding carboxylic acids is 1. The van der Waals surface area contributed by atoms with Crippen molar-refractivity contribution < 1.29 is 9.18 Å². The number of benzene rings is 1. The highest BCUT2D eigenvalue weighted by Gasteiger charge is 2.12. The van der Waals surface area contributed by atoms with Crippen LogP contribution in [-0.4, -0.2) is 17.4 Å². The average molecular weight is 303 g/mol. The first-order chi connectivity index (χ1) is 10.1. The van der Waals surface area contributed by atoms with E-state index in [0.29, 0.717) is 12.1 Å². The van der Waals surface area contributed by atoms with Crippen LogP contribution in [0, 0.1) is 24.6 Å². The second kappa shape index (κ2) is 6.97. The normalized spacial score (nSPS) is 9.86. The van der Waals surface area contributed by atoms with E-state index < -0.39 is 5.82 Å². The average Bonchev–Trinajstić information content (AvgIpc) is 2.88. The van der Waals surface area contributed by atoms with E-state index in [-0.39, 0.29) is 18.0 Å². The van der Waals surface area contributed by atoms with Crippen LogP contribution in [0.25, 0.3) is 0 Å². The van der Waals surface area contributed by atoms with Crippen molar-refractivity contribution in [3.8, 4) is 11.8 Å². The molecule has 2 aromatic rings. The third kappa shape index (κ3) is 3.88. The number of carbonyl (C=O) groups is 1. The molecule has 0 aliphatic heterocycles. The van der Waals surface area contributed by atoms with Crippen LogP contribution in [-0.2, 0) is 6.54 Å². The van der Waals surface area contributed by atoms with Gasteiger partial charge in [-0.25, -0.2) is 9.37 Å². The quantitative estimate of drug-likeness (QED) is 0.850. The van der Waals surface area contributed by atoms with Gasteiger partial charge in [0, 0.05) is 10.4 Å². The Labute approximate surface area is 126 Å². The molecule has 21 heavy (non-hydrogen) atoms. The second-order valence-corrected chi connectivity index (χ2v) is 5.18. The zero-order valence-electron chi connectivity index (χ0n) is 11.4. The second-order valence-electron chi connectivity index (χ2n) is 4.24. The van der Waals surface area contributed by atoms with Crippen LogP contribution in [0.3, 0.4) is 0 Å². The number of nitrogens with two attached hydrogens (primary N) is 1. The fraction of sp³-hybridized carbons (Fsp3) is 0.200. The van der Waals surface area contributed by atoms with Gasteiger partial charge in [-0.2, -0.15) is 0 Å². The van der Waals surface area contributed by atoms with Gasteiger partial charge in [0.1, 0.15) is 5.82 Å². The molecule has 1 aromatic carbocycles. The van der Waals surface area contributed by atoms with E-state index in [1.807, 2.05) is 6.92 Å². The van der Waals surface area contributed by atoms with Gasteiger partial charge in [0.2, 0.25) is 0 Å². The van der Waals surface area contributed by atoms with Gasteiger partial charge >= 0.3 is 0 Å². The Morgan fingerprint density at radius 1 is 1.52 bits per heavy atom. The minimum atomic E-state index is -0.479. The summed E-state index contributed by atoms with van der Waals surface area (Å²) in [6.45, 7) is 2.41. The summed E-state index contributed by atoms with van der Waals surface area (Å²) in [6, 6.07) is 3.92. The summed E-state index contributed by atoms with van der Waals surface area (Å²) in [5.74, 6) is 4.59. The summed E-state index contributed by atoms with van der Waals surface area (Å²) in [4.78, 5) is 17.3. The van der Waals surface area contributed by atoms with Gasteiger partial charge in [0.25, 0.3) is 5.91 Å². The van der Waals surface area contributed by atoms with Crippen LogP contribution in [0.1, 0.15) is 26.5 Å². The van der Waals surface area contributed by atoms with Crippen molar-refractivity contribution in [1.29, 1.82) is 0 Å². The molecule has 1 amide bonds. The molecule has 3 N–H and O–H groups in total. The van der Waals surface area contributed by atoms with Gasteiger partial charge in [-0.05, 0) is 25.1 Å². The molecule has 0 atom stereocenters. The van der Waals surface area contributed by atoms with Crippen molar-refractivity contribution in [2.24, 2.45) is 5.73 Å². The lowest BCUT2D eigenvalue weighted by Crippen LogP contribution is -2.23. The first-order valence-electron chi connectivity index (χ1n) is 6.27. The molecule has 1 heterocycles. The number of nitrogens with one attached hydrogen (secondary N) is 1. The summed E-state index contributed by atoms with van der Waals surface area (Å²) in [7, 11) is 0. The van der Waals surface area contributed by atoms with Crippen molar-refractivity contribution in [3.05, 3.63) is 51.2 Å². The summed E-state index contributed by atoms with van der Waals surface area (Å²) in [6.07, 6.45) is 0. The van der Waals surface area contributed by atoms with Crippen molar-refractivity contribution >= 4 is 17.2 Å². The maximum Gasteiger partial charge on any atom is 0.252 e. The van der Waals surface area contributed by atoms with Gasteiger partial charge in [0.05, 0.1) is 29.9 Å². The van der Waals surface area contributed by atoms with Crippen LogP contribution >= 0.6 is 11.3 Å². The molecule has 0 radical (unpaired) electrons. The van der Waals surface area contributed by atoms with E-state index in [9.17, 15) is 9.18 Å². The minimum absolute atomic E-state index is 0.179. The molecule has 0 bridgehead atoms. The molecule has 0 unspecified atom stereocenters. The summed E-state index contributed by atoms with van der Waals surface area (Å²) in [5.41, 5.74) is 8.58. The number of halogens is 1. The lowest BCUT2D eigenvalue weighted by molar-refractivity contribution is 0.0950. The molecule has 108 valence electrons. The fourth-order valence-electron chi connectivity index (χ4n) is 1.71. The van der Waals surface area contributed by atoms with E-state index in [0.717, 1.165) is 10.6 Å². The van der Waals surface area contributed by atoms with E-state index in [2.05, 4.69) is 22.1 Å². The predicted octanol–water partition coefficient (Wildman–Crippen LogP) is 1.83. The maximum atomic E-state index is 13.3. The summed E-state index contributed by atoms with van der Waals surface area (Å²) < 4.78 is 13.3. The van der Waals surface area contributed by atoms with Gasteiger partial charge in [-0.3, -0.25) is 4.79 Å². The molecule has 0 aliphatic carbocycles.